The van der Waals surface area contributed by atoms with Crippen molar-refractivity contribution in [3.63, 3.8) is 0 Å². The predicted molar refractivity (Wildman–Crippen MR) is 55.5 cm³/mol. The third kappa shape index (κ3) is 3.08. The Kier molecular flexibility index (Phi) is 3.83. The summed E-state index contributed by atoms with van der Waals surface area (Å²) in [5.41, 5.74) is 0.318. The van der Waals surface area contributed by atoms with Gasteiger partial charge in [-0.1, -0.05) is 23.8 Å². The summed E-state index contributed by atoms with van der Waals surface area (Å²) >= 11 is 5.57. The van der Waals surface area contributed by atoms with Crippen molar-refractivity contribution in [2.75, 3.05) is 0 Å². The van der Waals surface area contributed by atoms with Crippen LogP contribution in [0.4, 0.5) is 0 Å². The van der Waals surface area contributed by atoms with Crippen LogP contribution in [0.5, 0.6) is 0 Å². The van der Waals surface area contributed by atoms with Gasteiger partial charge >= 0.3 is 5.97 Å². The quantitative estimate of drug-likeness (QED) is 0.797. The second-order valence-corrected chi connectivity index (χ2v) is 3.03. The summed E-state index contributed by atoms with van der Waals surface area (Å²) in [6.07, 6.45) is 3.33. The average Bonchev–Trinajstić information content (AvgIpc) is 2.20. The van der Waals surface area contributed by atoms with Gasteiger partial charge in [-0.3, -0.25) is 0 Å². The minimum Gasteiger partial charge on any atom is -0.476 e. The van der Waals surface area contributed by atoms with Gasteiger partial charge in [0.2, 0.25) is 0 Å². The lowest BCUT2D eigenvalue weighted by Gasteiger charge is -1.99. The maximum Gasteiger partial charge on any atom is 0.355 e. The van der Waals surface area contributed by atoms with Crippen molar-refractivity contribution in [1.29, 1.82) is 5.26 Å². The lowest BCUT2D eigenvalue weighted by molar-refractivity contribution is 0.0690. The molecule has 1 heterocycles. The number of hydrogen-bond acceptors (Lipinski definition) is 3. The second kappa shape index (κ2) is 5.13. The van der Waals surface area contributed by atoms with Gasteiger partial charge in [0.1, 0.15) is 5.15 Å². The lowest BCUT2D eigenvalue weighted by atomic mass is 10.1. The standard InChI is InChI=1S/C10H7ClN2O2/c11-8-5-4-7(3-1-2-6-12)9(13-8)10(14)15/h1,3-5H,2H2,(H,14,15). The minimum absolute atomic E-state index is 0.114. The smallest absolute Gasteiger partial charge is 0.355 e. The summed E-state index contributed by atoms with van der Waals surface area (Å²) in [5, 5.41) is 17.3. The van der Waals surface area contributed by atoms with Gasteiger partial charge < -0.3 is 5.11 Å². The molecule has 0 saturated heterocycles. The topological polar surface area (TPSA) is 74.0 Å². The maximum atomic E-state index is 10.8. The van der Waals surface area contributed by atoms with Gasteiger partial charge in [-0.25, -0.2) is 9.78 Å². The molecular weight excluding hydrogens is 216 g/mol. The SMILES string of the molecule is N#CCC=Cc1ccc(Cl)nc1C(=O)O. The van der Waals surface area contributed by atoms with Crippen molar-refractivity contribution in [2.45, 2.75) is 6.42 Å². The predicted octanol–water partition coefficient (Wildman–Crippen LogP) is 2.36. The van der Waals surface area contributed by atoms with E-state index in [2.05, 4.69) is 4.98 Å². The van der Waals surface area contributed by atoms with Crippen LogP contribution in [0.25, 0.3) is 6.08 Å². The molecule has 0 aliphatic carbocycles. The van der Waals surface area contributed by atoms with Crippen LogP contribution in [0.2, 0.25) is 5.15 Å². The van der Waals surface area contributed by atoms with Crippen LogP contribution in [0, 0.1) is 11.3 Å². The van der Waals surface area contributed by atoms with Crippen molar-refractivity contribution in [1.82, 2.24) is 4.98 Å². The molecule has 1 aromatic heterocycles. The van der Waals surface area contributed by atoms with Crippen LogP contribution < -0.4 is 0 Å². The number of carboxylic acids is 1. The highest BCUT2D eigenvalue weighted by molar-refractivity contribution is 6.29. The summed E-state index contributed by atoms with van der Waals surface area (Å²) in [5.74, 6) is -1.14. The number of halogens is 1. The molecule has 0 amide bonds. The number of pyridine rings is 1. The molecule has 4 nitrogen and oxygen atoms in total. The first kappa shape index (κ1) is 11.2. The molecule has 0 aliphatic rings. The molecule has 0 radical (unpaired) electrons. The molecule has 0 unspecified atom stereocenters. The van der Waals surface area contributed by atoms with Crippen molar-refractivity contribution in [2.24, 2.45) is 0 Å². The fourth-order valence-corrected chi connectivity index (χ4v) is 1.14. The minimum atomic E-state index is -1.14. The highest BCUT2D eigenvalue weighted by atomic mass is 35.5. The molecule has 1 rings (SSSR count). The van der Waals surface area contributed by atoms with Crippen LogP contribution in [-0.4, -0.2) is 16.1 Å². The Morgan fingerprint density at radius 3 is 3.00 bits per heavy atom. The van der Waals surface area contributed by atoms with Crippen LogP contribution in [0.1, 0.15) is 22.5 Å². The Hall–Kier alpha value is -1.86. The summed E-state index contributed by atoms with van der Waals surface area (Å²) in [6, 6.07) is 4.97. The molecule has 0 fully saturated rings. The van der Waals surface area contributed by atoms with E-state index >= 15 is 0 Å². The number of aromatic carboxylic acids is 1. The highest BCUT2D eigenvalue weighted by Gasteiger charge is 2.09. The number of aromatic nitrogens is 1. The number of nitriles is 1. The zero-order chi connectivity index (χ0) is 11.3. The van der Waals surface area contributed by atoms with E-state index in [0.717, 1.165) is 0 Å². The number of carboxylic acid groups (broad SMARTS) is 1. The third-order valence-corrected chi connectivity index (χ3v) is 1.81. The van der Waals surface area contributed by atoms with Crippen molar-refractivity contribution >= 4 is 23.6 Å². The molecule has 5 heteroatoms. The molecule has 0 aromatic carbocycles. The fraction of sp³-hybridized carbons (Fsp3) is 0.100. The van der Waals surface area contributed by atoms with E-state index in [0.29, 0.717) is 5.56 Å². The second-order valence-electron chi connectivity index (χ2n) is 2.64. The van der Waals surface area contributed by atoms with E-state index in [4.69, 9.17) is 22.0 Å². The van der Waals surface area contributed by atoms with Crippen LogP contribution >= 0.6 is 11.6 Å². The molecular formula is C10H7ClN2O2. The molecule has 0 atom stereocenters. The molecule has 1 aromatic rings. The van der Waals surface area contributed by atoms with Gasteiger partial charge in [-0.15, -0.1) is 0 Å². The summed E-state index contributed by atoms with van der Waals surface area (Å²) < 4.78 is 0. The Morgan fingerprint density at radius 1 is 1.67 bits per heavy atom. The first-order valence-electron chi connectivity index (χ1n) is 4.08. The molecule has 15 heavy (non-hydrogen) atoms. The monoisotopic (exact) mass is 222 g/mol. The maximum absolute atomic E-state index is 10.8. The Labute approximate surface area is 91.4 Å². The average molecular weight is 223 g/mol. The highest BCUT2D eigenvalue weighted by Crippen LogP contribution is 2.13. The lowest BCUT2D eigenvalue weighted by Crippen LogP contribution is -2.03. The number of hydrogen-bond donors (Lipinski definition) is 1. The van der Waals surface area contributed by atoms with Crippen molar-refractivity contribution in [3.8, 4) is 6.07 Å². The van der Waals surface area contributed by atoms with Gasteiger partial charge in [0, 0.05) is 5.56 Å². The fourth-order valence-electron chi connectivity index (χ4n) is 0.990. The van der Waals surface area contributed by atoms with Gasteiger partial charge in [0.15, 0.2) is 5.69 Å². The van der Waals surface area contributed by atoms with Crippen LogP contribution in [0.3, 0.4) is 0 Å². The summed E-state index contributed by atoms with van der Waals surface area (Å²) in [4.78, 5) is 14.5. The van der Waals surface area contributed by atoms with Crippen molar-refractivity contribution < 1.29 is 9.90 Å². The zero-order valence-electron chi connectivity index (χ0n) is 7.64. The van der Waals surface area contributed by atoms with Crippen molar-refractivity contribution in [3.05, 3.63) is 34.6 Å². The van der Waals surface area contributed by atoms with E-state index in [-0.39, 0.29) is 17.3 Å². The third-order valence-electron chi connectivity index (χ3n) is 1.60. The van der Waals surface area contributed by atoms with E-state index in [1.54, 1.807) is 12.1 Å². The number of rotatable bonds is 3. The number of allylic oxidation sites excluding steroid dienone is 1. The number of carbonyl (C=O) groups is 1. The van der Waals surface area contributed by atoms with Crippen LogP contribution in [0.15, 0.2) is 18.2 Å². The Balaban J connectivity index is 3.07. The van der Waals surface area contributed by atoms with Gasteiger partial charge in [-0.05, 0) is 12.1 Å². The molecule has 0 bridgehead atoms. The normalized spacial score (nSPS) is 10.1. The summed E-state index contributed by atoms with van der Waals surface area (Å²) in [6.45, 7) is 0. The van der Waals surface area contributed by atoms with E-state index in [1.807, 2.05) is 6.07 Å². The largest absolute Gasteiger partial charge is 0.476 e. The van der Waals surface area contributed by atoms with Gasteiger partial charge in [-0.2, -0.15) is 5.26 Å². The zero-order valence-corrected chi connectivity index (χ0v) is 8.40. The first-order chi connectivity index (χ1) is 7.15. The summed E-state index contributed by atoms with van der Waals surface area (Å²) in [7, 11) is 0. The van der Waals surface area contributed by atoms with E-state index < -0.39 is 5.97 Å². The van der Waals surface area contributed by atoms with E-state index in [9.17, 15) is 4.79 Å². The number of nitrogens with zero attached hydrogens (tertiary/aromatic N) is 2. The van der Waals surface area contributed by atoms with Crippen LogP contribution in [-0.2, 0) is 0 Å². The van der Waals surface area contributed by atoms with Gasteiger partial charge in [0.25, 0.3) is 0 Å². The molecule has 0 aliphatic heterocycles. The molecule has 0 spiro atoms. The van der Waals surface area contributed by atoms with E-state index in [1.165, 1.54) is 12.1 Å². The molecule has 0 saturated carbocycles. The molecule has 76 valence electrons. The Bertz CT molecular complexity index is 449. The van der Waals surface area contributed by atoms with Gasteiger partial charge in [0.05, 0.1) is 12.5 Å². The molecule has 1 N–H and O–H groups in total. The first-order valence-corrected chi connectivity index (χ1v) is 4.46. The Morgan fingerprint density at radius 2 is 2.40 bits per heavy atom.